The van der Waals surface area contributed by atoms with Gasteiger partial charge in [-0.1, -0.05) is 12.1 Å². The number of nitrogens with zero attached hydrogens (tertiary/aromatic N) is 5. The predicted molar refractivity (Wildman–Crippen MR) is 125 cm³/mol. The van der Waals surface area contributed by atoms with Crippen LogP contribution in [-0.2, 0) is 6.42 Å². The molecule has 32 heavy (non-hydrogen) atoms. The van der Waals surface area contributed by atoms with Crippen molar-refractivity contribution in [3.63, 3.8) is 0 Å². The standard InChI is InChI=1S/C25H23N5O2/c1-3-30-23-19(25(31)29(2)21-9-6-12-27-24(21)30)15-17(16-28-23)11-14-32-22-10-13-26-20-8-5-4-7-18(20)22/h4-10,12-13,15-16H,3,11,14H2,1-2H3/i4+1,5+1,7+1,8+1,18+1,20+1. The number of carbonyl (C=O) groups excluding carboxylic acids is 1. The van der Waals surface area contributed by atoms with Crippen LogP contribution in [-0.4, -0.2) is 41.1 Å². The Bertz CT molecular complexity index is 1300. The highest BCUT2D eigenvalue weighted by molar-refractivity contribution is 6.12. The lowest BCUT2D eigenvalue weighted by atomic mass is 10.1. The van der Waals surface area contributed by atoms with Crippen LogP contribution in [0, 0.1) is 0 Å². The number of rotatable bonds is 5. The van der Waals surface area contributed by atoms with Crippen LogP contribution in [0.3, 0.4) is 0 Å². The molecule has 0 bridgehead atoms. The Labute approximate surface area is 186 Å². The highest BCUT2D eigenvalue weighted by Gasteiger charge is 2.30. The highest BCUT2D eigenvalue weighted by Crippen LogP contribution is 2.37. The summed E-state index contributed by atoms with van der Waals surface area (Å²) < 4.78 is 6.05. The first-order valence-corrected chi connectivity index (χ1v) is 10.6. The van der Waals surface area contributed by atoms with Gasteiger partial charge in [-0.15, -0.1) is 0 Å². The summed E-state index contributed by atoms with van der Waals surface area (Å²) in [4.78, 5) is 30.4. The number of carbonyl (C=O) groups is 1. The van der Waals surface area contributed by atoms with Crippen molar-refractivity contribution in [1.29, 1.82) is 0 Å². The Balaban J connectivity index is 1.41. The van der Waals surface area contributed by atoms with E-state index in [9.17, 15) is 4.79 Å². The maximum atomic E-state index is 13.2. The molecule has 0 fully saturated rings. The van der Waals surface area contributed by atoms with Gasteiger partial charge in [0.2, 0.25) is 0 Å². The topological polar surface area (TPSA) is 71.5 Å². The average molecular weight is 431 g/mol. The summed E-state index contributed by atoms with van der Waals surface area (Å²) in [6.45, 7) is 3.15. The fourth-order valence-corrected chi connectivity index (χ4v) is 4.03. The zero-order valence-electron chi connectivity index (χ0n) is 18.0. The minimum Gasteiger partial charge on any atom is -0.492 e. The highest BCUT2D eigenvalue weighted by atomic mass is 16.5. The Morgan fingerprint density at radius 1 is 0.969 bits per heavy atom. The van der Waals surface area contributed by atoms with Gasteiger partial charge in [0.1, 0.15) is 11.6 Å². The van der Waals surface area contributed by atoms with Gasteiger partial charge in [0.25, 0.3) is 5.91 Å². The number of fused-ring (bicyclic) bond motifs is 3. The monoisotopic (exact) mass is 431 g/mol. The van der Waals surface area contributed by atoms with Crippen molar-refractivity contribution < 1.29 is 9.53 Å². The molecule has 0 unspecified atom stereocenters. The summed E-state index contributed by atoms with van der Waals surface area (Å²) in [7, 11) is 1.77. The first-order valence-electron chi connectivity index (χ1n) is 10.6. The molecule has 0 saturated heterocycles. The van der Waals surface area contributed by atoms with Crippen molar-refractivity contribution >= 4 is 34.1 Å². The van der Waals surface area contributed by atoms with E-state index in [4.69, 9.17) is 4.74 Å². The second kappa shape index (κ2) is 8.26. The van der Waals surface area contributed by atoms with Gasteiger partial charge < -0.3 is 14.5 Å². The molecule has 0 radical (unpaired) electrons. The number of aromatic nitrogens is 3. The second-order valence-electron chi connectivity index (χ2n) is 7.59. The first kappa shape index (κ1) is 19.9. The number of amides is 1. The van der Waals surface area contributed by atoms with Crippen molar-refractivity contribution in [2.45, 2.75) is 13.3 Å². The summed E-state index contributed by atoms with van der Waals surface area (Å²) in [5.41, 5.74) is 3.18. The molecule has 4 heterocycles. The number of hydrogen-bond donors (Lipinski definition) is 0. The van der Waals surface area contributed by atoms with Crippen molar-refractivity contribution in [2.24, 2.45) is 0 Å². The number of pyridine rings is 3. The molecule has 0 aliphatic carbocycles. The van der Waals surface area contributed by atoms with Crippen LogP contribution in [0.25, 0.3) is 10.9 Å². The third-order valence-corrected chi connectivity index (χ3v) is 5.67. The largest absolute Gasteiger partial charge is 0.492 e. The molecule has 3 aromatic heterocycles. The number of ether oxygens (including phenoxy) is 1. The van der Waals surface area contributed by atoms with Crippen LogP contribution in [0.1, 0.15) is 22.8 Å². The van der Waals surface area contributed by atoms with Gasteiger partial charge in [0.05, 0.1) is 23.4 Å². The Morgan fingerprint density at radius 3 is 2.72 bits per heavy atom. The smallest absolute Gasteiger partial charge is 0.261 e. The third kappa shape index (κ3) is 3.41. The van der Waals surface area contributed by atoms with E-state index in [1.54, 1.807) is 24.3 Å². The van der Waals surface area contributed by atoms with Gasteiger partial charge in [0, 0.05) is 44.0 Å². The molecule has 1 aliphatic rings. The number of anilines is 3. The molecule has 1 aliphatic heterocycles. The van der Waals surface area contributed by atoms with E-state index in [2.05, 4.69) is 15.0 Å². The van der Waals surface area contributed by atoms with Gasteiger partial charge >= 0.3 is 0 Å². The molecule has 0 saturated carbocycles. The molecule has 0 atom stereocenters. The Hall–Kier alpha value is -4.00. The Kier molecular flexibility index (Phi) is 5.15. The van der Waals surface area contributed by atoms with Crippen LogP contribution in [0.2, 0.25) is 0 Å². The molecule has 7 nitrogen and oxygen atoms in total. The maximum absolute atomic E-state index is 13.2. The SMILES string of the molecule is CCN1c2ncc(CCOc3ccn[13c]4[13cH][13cH][13cH][13cH][13c]34)cc2C(=O)N(C)c2cccnc21. The molecule has 160 valence electrons. The summed E-state index contributed by atoms with van der Waals surface area (Å²) in [6, 6.07) is 15.4. The first-order chi connectivity index (χ1) is 15.7. The van der Waals surface area contributed by atoms with E-state index in [1.165, 1.54) is 0 Å². The van der Waals surface area contributed by atoms with E-state index >= 15 is 0 Å². The lowest BCUT2D eigenvalue weighted by Gasteiger charge is -2.22. The van der Waals surface area contributed by atoms with Gasteiger partial charge in [-0.2, -0.15) is 0 Å². The van der Waals surface area contributed by atoms with E-state index in [0.29, 0.717) is 31.0 Å². The van der Waals surface area contributed by atoms with Crippen LogP contribution in [0.4, 0.5) is 17.3 Å². The lowest BCUT2D eigenvalue weighted by molar-refractivity contribution is 0.0994. The van der Waals surface area contributed by atoms with Crippen LogP contribution in [0.5, 0.6) is 5.75 Å². The van der Waals surface area contributed by atoms with E-state index < -0.39 is 0 Å². The fraction of sp³-hybridized carbons (Fsp3) is 0.200. The van der Waals surface area contributed by atoms with E-state index in [0.717, 1.165) is 33.7 Å². The normalized spacial score (nSPS) is 13.0. The molecule has 0 spiro atoms. The molecular weight excluding hydrogens is 408 g/mol. The van der Waals surface area contributed by atoms with Crippen LogP contribution >= 0.6 is 0 Å². The van der Waals surface area contributed by atoms with Crippen LogP contribution in [0.15, 0.2) is 67.1 Å². The summed E-state index contributed by atoms with van der Waals surface area (Å²) in [6.07, 6.45) is 5.93. The van der Waals surface area contributed by atoms with Crippen molar-refractivity contribution in [3.8, 4) is 5.75 Å². The second-order valence-corrected chi connectivity index (χ2v) is 7.59. The average Bonchev–Trinajstić information content (AvgIpc) is 2.92. The minimum atomic E-state index is -0.0967. The predicted octanol–water partition coefficient (Wildman–Crippen LogP) is 4.39. The molecule has 1 aromatic carbocycles. The number of benzene rings is 1. The van der Waals surface area contributed by atoms with Crippen molar-refractivity contribution in [2.75, 3.05) is 30.0 Å². The molecule has 5 rings (SSSR count). The molecule has 0 N–H and O–H groups in total. The summed E-state index contributed by atoms with van der Waals surface area (Å²) >= 11 is 0. The Morgan fingerprint density at radius 2 is 1.84 bits per heavy atom. The van der Waals surface area contributed by atoms with E-state index in [1.807, 2.05) is 66.6 Å². The summed E-state index contributed by atoms with van der Waals surface area (Å²) in [5.74, 6) is 2.07. The van der Waals surface area contributed by atoms with Gasteiger partial charge in [-0.3, -0.25) is 9.78 Å². The summed E-state index contributed by atoms with van der Waals surface area (Å²) in [5, 5.41) is 0.982. The minimum absolute atomic E-state index is 0.0967. The lowest BCUT2D eigenvalue weighted by Crippen LogP contribution is -2.25. The van der Waals surface area contributed by atoms with Crippen molar-refractivity contribution in [1.82, 2.24) is 15.0 Å². The third-order valence-electron chi connectivity index (χ3n) is 5.67. The zero-order chi connectivity index (χ0) is 22.1. The molecule has 7 heteroatoms. The van der Waals surface area contributed by atoms with Gasteiger partial charge in [-0.05, 0) is 48.9 Å². The maximum Gasteiger partial charge on any atom is 0.261 e. The van der Waals surface area contributed by atoms with Crippen LogP contribution < -0.4 is 14.5 Å². The number of para-hydroxylation sites is 1. The quantitative estimate of drug-likeness (QED) is 0.467. The van der Waals surface area contributed by atoms with Crippen molar-refractivity contribution in [3.05, 3.63) is 78.2 Å². The molecular formula is C25H23N5O2. The molecule has 4 aromatic rings. The zero-order valence-corrected chi connectivity index (χ0v) is 18.0. The van der Waals surface area contributed by atoms with E-state index in [-0.39, 0.29) is 5.91 Å². The fourth-order valence-electron chi connectivity index (χ4n) is 4.03. The van der Waals surface area contributed by atoms with Gasteiger partial charge in [-0.25, -0.2) is 9.97 Å². The number of hydrogen-bond acceptors (Lipinski definition) is 6. The van der Waals surface area contributed by atoms with Gasteiger partial charge in [0.15, 0.2) is 5.82 Å². The molecule has 1 amide bonds.